The second kappa shape index (κ2) is 9.22. The molecule has 7 heteroatoms. The average Bonchev–Trinajstić information content (AvgIpc) is 2.74. The molecule has 0 saturated heterocycles. The van der Waals surface area contributed by atoms with E-state index in [1.165, 1.54) is 23.4 Å². The van der Waals surface area contributed by atoms with Gasteiger partial charge in [0.1, 0.15) is 5.75 Å². The maximum atomic E-state index is 13.7. The first-order valence-corrected chi connectivity index (χ1v) is 11.3. The number of hydrogen-bond donors (Lipinski definition) is 1. The zero-order valence-electron chi connectivity index (χ0n) is 18.0. The Morgan fingerprint density at radius 2 is 1.65 bits per heavy atom. The molecule has 0 fully saturated rings. The second-order valence-corrected chi connectivity index (χ2v) is 9.11. The van der Waals surface area contributed by atoms with Crippen LogP contribution in [0.25, 0.3) is 0 Å². The molecule has 0 aliphatic rings. The largest absolute Gasteiger partial charge is 0.497 e. The van der Waals surface area contributed by atoms with Crippen molar-refractivity contribution in [1.82, 2.24) is 0 Å². The van der Waals surface area contributed by atoms with Crippen LogP contribution in [0.3, 0.4) is 0 Å². The molecule has 0 saturated carbocycles. The molecule has 31 heavy (non-hydrogen) atoms. The van der Waals surface area contributed by atoms with Crippen LogP contribution in [0.4, 0.5) is 11.4 Å². The molecule has 0 radical (unpaired) electrons. The monoisotopic (exact) mass is 438 g/mol. The van der Waals surface area contributed by atoms with E-state index in [1.54, 1.807) is 43.5 Å². The minimum absolute atomic E-state index is 0.136. The van der Waals surface area contributed by atoms with Crippen LogP contribution in [-0.2, 0) is 14.8 Å². The van der Waals surface area contributed by atoms with Crippen LogP contribution in [-0.4, -0.2) is 21.4 Å². The van der Waals surface area contributed by atoms with Gasteiger partial charge in [0.05, 0.1) is 23.7 Å². The van der Waals surface area contributed by atoms with Crippen LogP contribution in [0.2, 0.25) is 0 Å². The summed E-state index contributed by atoms with van der Waals surface area (Å²) in [5, 5.41) is 2.65. The van der Waals surface area contributed by atoms with Crippen molar-refractivity contribution in [2.45, 2.75) is 31.7 Å². The van der Waals surface area contributed by atoms with Crippen molar-refractivity contribution in [2.75, 3.05) is 16.7 Å². The number of ether oxygens (including phenoxy) is 1. The van der Waals surface area contributed by atoms with Gasteiger partial charge in [0.15, 0.2) is 0 Å². The third kappa shape index (κ3) is 5.06. The number of anilines is 2. The van der Waals surface area contributed by atoms with Crippen LogP contribution >= 0.6 is 0 Å². The van der Waals surface area contributed by atoms with Crippen molar-refractivity contribution in [3.63, 3.8) is 0 Å². The lowest BCUT2D eigenvalue weighted by Gasteiger charge is -2.31. The van der Waals surface area contributed by atoms with Crippen molar-refractivity contribution in [3.05, 3.63) is 83.9 Å². The van der Waals surface area contributed by atoms with E-state index in [0.29, 0.717) is 17.1 Å². The highest BCUT2D eigenvalue weighted by Gasteiger charge is 2.30. The Hall–Kier alpha value is -3.32. The van der Waals surface area contributed by atoms with Gasteiger partial charge in [0, 0.05) is 12.6 Å². The maximum Gasteiger partial charge on any atom is 0.264 e. The molecule has 162 valence electrons. The summed E-state index contributed by atoms with van der Waals surface area (Å²) >= 11 is 0. The molecule has 1 amide bonds. The van der Waals surface area contributed by atoms with Gasteiger partial charge in [0.25, 0.3) is 10.0 Å². The highest BCUT2D eigenvalue weighted by atomic mass is 32.2. The molecule has 0 spiro atoms. The molecule has 0 bridgehead atoms. The summed E-state index contributed by atoms with van der Waals surface area (Å²) in [6.45, 7) is 5.24. The second-order valence-electron chi connectivity index (χ2n) is 7.29. The summed E-state index contributed by atoms with van der Waals surface area (Å²) in [5.74, 6) is 0.424. The van der Waals surface area contributed by atoms with E-state index in [4.69, 9.17) is 4.74 Å². The normalized spacial score (nSPS) is 12.1. The van der Waals surface area contributed by atoms with Gasteiger partial charge in [-0.05, 0) is 67.9 Å². The van der Waals surface area contributed by atoms with Crippen molar-refractivity contribution in [2.24, 2.45) is 0 Å². The molecular weight excluding hydrogens is 412 g/mol. The molecule has 0 heterocycles. The first-order valence-electron chi connectivity index (χ1n) is 9.85. The summed E-state index contributed by atoms with van der Waals surface area (Å²) in [5.41, 5.74) is 3.00. The summed E-state index contributed by atoms with van der Waals surface area (Å²) in [7, 11) is -2.33. The van der Waals surface area contributed by atoms with E-state index in [1.807, 2.05) is 38.1 Å². The standard InChI is InChI=1S/C24H26N2O4S/c1-17-6-5-7-20(16-17)18(2)26(22-10-12-23(30-4)13-11-22)31(28,29)24-14-8-21(9-15-24)25-19(3)27/h5-16,18H,1-4H3,(H,25,27)/t18-/m1/s1. The Labute approximate surface area is 183 Å². The molecule has 0 unspecified atom stereocenters. The number of rotatable bonds is 7. The molecule has 3 aromatic rings. The van der Waals surface area contributed by atoms with E-state index in [9.17, 15) is 13.2 Å². The predicted molar refractivity (Wildman–Crippen MR) is 123 cm³/mol. The number of sulfonamides is 1. The number of hydrogen-bond acceptors (Lipinski definition) is 4. The summed E-state index contributed by atoms with van der Waals surface area (Å²) in [6, 6.07) is 20.4. The van der Waals surface area contributed by atoms with Gasteiger partial charge in [-0.2, -0.15) is 0 Å². The number of amides is 1. The fourth-order valence-electron chi connectivity index (χ4n) is 3.39. The Kier molecular flexibility index (Phi) is 6.65. The molecule has 0 aliphatic carbocycles. The highest BCUT2D eigenvalue weighted by Crippen LogP contribution is 2.34. The van der Waals surface area contributed by atoms with E-state index >= 15 is 0 Å². The minimum atomic E-state index is -3.90. The van der Waals surface area contributed by atoms with Gasteiger partial charge >= 0.3 is 0 Å². The number of benzene rings is 3. The van der Waals surface area contributed by atoms with Crippen LogP contribution in [0.1, 0.15) is 31.0 Å². The third-order valence-electron chi connectivity index (χ3n) is 4.93. The number of nitrogens with zero attached hydrogens (tertiary/aromatic N) is 1. The van der Waals surface area contributed by atoms with Crippen LogP contribution < -0.4 is 14.4 Å². The number of carbonyl (C=O) groups is 1. The molecule has 1 N–H and O–H groups in total. The fraction of sp³-hybridized carbons (Fsp3) is 0.208. The van der Waals surface area contributed by atoms with Crippen molar-refractivity contribution >= 4 is 27.3 Å². The highest BCUT2D eigenvalue weighted by molar-refractivity contribution is 7.92. The van der Waals surface area contributed by atoms with Crippen molar-refractivity contribution < 1.29 is 17.9 Å². The lowest BCUT2D eigenvalue weighted by Crippen LogP contribution is -2.33. The van der Waals surface area contributed by atoms with Crippen LogP contribution in [0.15, 0.2) is 77.7 Å². The topological polar surface area (TPSA) is 75.7 Å². The fourth-order valence-corrected chi connectivity index (χ4v) is 5.04. The van der Waals surface area contributed by atoms with E-state index < -0.39 is 16.1 Å². The molecule has 0 aromatic heterocycles. The Bertz CT molecular complexity index is 1160. The minimum Gasteiger partial charge on any atom is -0.497 e. The lowest BCUT2D eigenvalue weighted by molar-refractivity contribution is -0.114. The maximum absolute atomic E-state index is 13.7. The first-order chi connectivity index (χ1) is 14.7. The molecule has 6 nitrogen and oxygen atoms in total. The van der Waals surface area contributed by atoms with Crippen LogP contribution in [0, 0.1) is 6.92 Å². The number of nitrogens with one attached hydrogen (secondary N) is 1. The quantitative estimate of drug-likeness (QED) is 0.568. The molecule has 1 atom stereocenters. The Morgan fingerprint density at radius 3 is 2.19 bits per heavy atom. The Morgan fingerprint density at radius 1 is 1.00 bits per heavy atom. The SMILES string of the molecule is COc1ccc(N([C@H](C)c2cccc(C)c2)S(=O)(=O)c2ccc(NC(C)=O)cc2)cc1. The van der Waals surface area contributed by atoms with Gasteiger partial charge in [-0.1, -0.05) is 29.8 Å². The average molecular weight is 439 g/mol. The molecular formula is C24H26N2O4S. The zero-order chi connectivity index (χ0) is 22.6. The zero-order valence-corrected chi connectivity index (χ0v) is 18.8. The van der Waals surface area contributed by atoms with Crippen LogP contribution in [0.5, 0.6) is 5.75 Å². The van der Waals surface area contributed by atoms with E-state index in [0.717, 1.165) is 11.1 Å². The molecule has 3 rings (SSSR count). The van der Waals surface area contributed by atoms with Crippen molar-refractivity contribution in [1.29, 1.82) is 0 Å². The summed E-state index contributed by atoms with van der Waals surface area (Å²) < 4.78 is 34.1. The van der Waals surface area contributed by atoms with Gasteiger partial charge < -0.3 is 10.1 Å². The van der Waals surface area contributed by atoms with Crippen molar-refractivity contribution in [3.8, 4) is 5.75 Å². The summed E-state index contributed by atoms with van der Waals surface area (Å²) in [6.07, 6.45) is 0. The smallest absolute Gasteiger partial charge is 0.264 e. The van der Waals surface area contributed by atoms with E-state index in [2.05, 4.69) is 5.32 Å². The molecule has 0 aliphatic heterocycles. The van der Waals surface area contributed by atoms with Gasteiger partial charge in [0.2, 0.25) is 5.91 Å². The van der Waals surface area contributed by atoms with Gasteiger partial charge in [-0.25, -0.2) is 8.42 Å². The Balaban J connectivity index is 2.08. The summed E-state index contributed by atoms with van der Waals surface area (Å²) in [4.78, 5) is 11.4. The number of carbonyl (C=O) groups excluding carboxylic acids is 1. The first kappa shape index (κ1) is 22.4. The lowest BCUT2D eigenvalue weighted by atomic mass is 10.1. The third-order valence-corrected chi connectivity index (χ3v) is 6.85. The van der Waals surface area contributed by atoms with Gasteiger partial charge in [-0.3, -0.25) is 9.10 Å². The molecule has 3 aromatic carbocycles. The predicted octanol–water partition coefficient (Wildman–Crippen LogP) is 4.92. The number of aryl methyl sites for hydroxylation is 1. The number of methoxy groups -OCH3 is 1. The van der Waals surface area contributed by atoms with Gasteiger partial charge in [-0.15, -0.1) is 0 Å². The van der Waals surface area contributed by atoms with E-state index in [-0.39, 0.29) is 10.8 Å².